The second-order valence-electron chi connectivity index (χ2n) is 1.10. The van der Waals surface area contributed by atoms with E-state index in [-0.39, 0.29) is 5.76 Å². The molecule has 0 fully saturated rings. The van der Waals surface area contributed by atoms with Gasteiger partial charge in [-0.2, -0.15) is 0 Å². The molecule has 0 rings (SSSR count). The quantitative estimate of drug-likeness (QED) is 0.424. The van der Waals surface area contributed by atoms with E-state index in [1.54, 1.807) is 6.08 Å². The van der Waals surface area contributed by atoms with Gasteiger partial charge in [0.15, 0.2) is 0 Å². The molecule has 1 heteroatoms. The van der Waals surface area contributed by atoms with Crippen molar-refractivity contribution in [3.8, 4) is 0 Å². The summed E-state index contributed by atoms with van der Waals surface area (Å²) in [6, 6.07) is 0. The molecule has 0 aliphatic rings. The van der Waals surface area contributed by atoms with Crippen molar-refractivity contribution in [1.82, 2.24) is 0 Å². The Bertz CT molecular complexity index is 51.0. The van der Waals surface area contributed by atoms with Crippen LogP contribution in [0.25, 0.3) is 0 Å². The predicted molar refractivity (Wildman–Crippen MR) is 23.7 cm³/mol. The third-order valence-electron chi connectivity index (χ3n) is 0.432. The van der Waals surface area contributed by atoms with Gasteiger partial charge in [-0.3, -0.25) is 0 Å². The minimum atomic E-state index is 0.102. The van der Waals surface area contributed by atoms with Crippen LogP contribution in [0.5, 0.6) is 0 Å². The van der Waals surface area contributed by atoms with Gasteiger partial charge in [-0.15, -0.1) is 5.76 Å². The molecule has 0 bridgehead atoms. The fourth-order valence-corrected chi connectivity index (χ4v) is 0.203. The van der Waals surface area contributed by atoms with Gasteiger partial charge in [0.05, 0.1) is 0 Å². The normalized spacial score (nSPS) is 12.0. The lowest BCUT2D eigenvalue weighted by Crippen LogP contribution is -1.96. The maximum atomic E-state index is 9.95. The van der Waals surface area contributed by atoms with Crippen LogP contribution < -0.4 is 5.11 Å². The molecule has 0 aromatic heterocycles. The summed E-state index contributed by atoms with van der Waals surface area (Å²) in [7, 11) is 0. The minimum Gasteiger partial charge on any atom is -0.876 e. The van der Waals surface area contributed by atoms with Crippen LogP contribution in [0.15, 0.2) is 11.8 Å². The average molecular weight is 84.1 g/mol. The van der Waals surface area contributed by atoms with Gasteiger partial charge in [-0.1, -0.05) is 13.0 Å². The average Bonchev–Trinajstić information content (AvgIpc) is 1.35. The van der Waals surface area contributed by atoms with Crippen molar-refractivity contribution in [2.45, 2.75) is 13.3 Å². The van der Waals surface area contributed by atoms with Crippen molar-refractivity contribution in [3.63, 3.8) is 0 Å². The molecule has 0 aliphatic heterocycles. The van der Waals surface area contributed by atoms with Crippen LogP contribution in [-0.2, 0) is 0 Å². The lowest BCUT2D eigenvalue weighted by molar-refractivity contribution is -0.302. The zero-order valence-electron chi connectivity index (χ0n) is 3.90. The molecule has 0 atom stereocenters. The summed E-state index contributed by atoms with van der Waals surface area (Å²) in [5.74, 6) is 0.102. The van der Waals surface area contributed by atoms with E-state index >= 15 is 0 Å². The summed E-state index contributed by atoms with van der Waals surface area (Å²) >= 11 is 0. The second-order valence-corrected chi connectivity index (χ2v) is 1.10. The van der Waals surface area contributed by atoms with Crippen LogP contribution in [0, 0.1) is 6.92 Å². The van der Waals surface area contributed by atoms with Gasteiger partial charge < -0.3 is 5.11 Å². The Hall–Kier alpha value is -0.460. The first-order chi connectivity index (χ1) is 2.77. The molecule has 0 aliphatic carbocycles. The van der Waals surface area contributed by atoms with Crippen molar-refractivity contribution in [2.24, 2.45) is 0 Å². The van der Waals surface area contributed by atoms with Crippen molar-refractivity contribution in [1.29, 1.82) is 0 Å². The van der Waals surface area contributed by atoms with Gasteiger partial charge in [0.1, 0.15) is 0 Å². The van der Waals surface area contributed by atoms with Gasteiger partial charge >= 0.3 is 0 Å². The first-order valence-electron chi connectivity index (χ1n) is 1.90. The molecule has 0 amide bonds. The summed E-state index contributed by atoms with van der Waals surface area (Å²) in [6.45, 7) is 4.97. The highest BCUT2D eigenvalue weighted by Gasteiger charge is 1.59. The molecular weight excluding hydrogens is 76.1 g/mol. The summed E-state index contributed by atoms with van der Waals surface area (Å²) in [6.07, 6.45) is 2.15. The van der Waals surface area contributed by atoms with Crippen LogP contribution in [0.3, 0.4) is 0 Å². The highest BCUT2D eigenvalue weighted by molar-refractivity contribution is 4.83. The summed E-state index contributed by atoms with van der Waals surface area (Å²) in [4.78, 5) is 0. The molecule has 0 saturated heterocycles. The number of allylic oxidation sites excluding steroid dienone is 2. The molecule has 0 heterocycles. The van der Waals surface area contributed by atoms with Crippen LogP contribution in [0.2, 0.25) is 0 Å². The Kier molecular flexibility index (Phi) is 2.55. The molecule has 0 spiro atoms. The Balaban J connectivity index is 3.14. The van der Waals surface area contributed by atoms with Gasteiger partial charge in [-0.25, -0.2) is 0 Å². The van der Waals surface area contributed by atoms with E-state index in [0.29, 0.717) is 6.42 Å². The summed E-state index contributed by atoms with van der Waals surface area (Å²) in [5, 5.41) is 9.95. The van der Waals surface area contributed by atoms with E-state index in [1.165, 1.54) is 6.92 Å². The van der Waals surface area contributed by atoms with E-state index in [0.717, 1.165) is 0 Å². The Labute approximate surface area is 38.3 Å². The van der Waals surface area contributed by atoms with Gasteiger partial charge in [-0.05, 0) is 13.3 Å². The highest BCUT2D eigenvalue weighted by atomic mass is 16.3. The van der Waals surface area contributed by atoms with Crippen LogP contribution in [-0.4, -0.2) is 0 Å². The topological polar surface area (TPSA) is 23.1 Å². The third-order valence-corrected chi connectivity index (χ3v) is 0.432. The SMILES string of the molecule is [CH2]C/C=C(/C)[O-]. The molecule has 0 aromatic rings. The standard InChI is InChI=1S/C5H9O/c1-3-4-5(2)6/h4,6H,1,3H2,2H3/p-1/b5-4-. The predicted octanol–water partition coefficient (Wildman–Crippen LogP) is 0.475. The number of rotatable bonds is 1. The Morgan fingerprint density at radius 1 is 2.00 bits per heavy atom. The summed E-state index contributed by atoms with van der Waals surface area (Å²) in [5.41, 5.74) is 0. The van der Waals surface area contributed by atoms with Gasteiger partial charge in [0.25, 0.3) is 0 Å². The van der Waals surface area contributed by atoms with Crippen LogP contribution in [0.4, 0.5) is 0 Å². The number of hydrogen-bond donors (Lipinski definition) is 0. The van der Waals surface area contributed by atoms with E-state index in [4.69, 9.17) is 0 Å². The van der Waals surface area contributed by atoms with E-state index in [2.05, 4.69) is 6.92 Å². The lowest BCUT2D eigenvalue weighted by atomic mass is 10.4. The molecular formula is C5H8O-. The molecule has 1 radical (unpaired) electrons. The van der Waals surface area contributed by atoms with Crippen molar-refractivity contribution in [2.75, 3.05) is 0 Å². The first kappa shape index (κ1) is 5.54. The fourth-order valence-electron chi connectivity index (χ4n) is 0.203. The summed E-state index contributed by atoms with van der Waals surface area (Å²) < 4.78 is 0. The number of hydrogen-bond acceptors (Lipinski definition) is 1. The smallest absolute Gasteiger partial charge is 0.0357 e. The van der Waals surface area contributed by atoms with E-state index < -0.39 is 0 Å². The van der Waals surface area contributed by atoms with Gasteiger partial charge in [0.2, 0.25) is 0 Å². The Morgan fingerprint density at radius 3 is 2.50 bits per heavy atom. The molecule has 1 nitrogen and oxygen atoms in total. The molecule has 0 aromatic carbocycles. The van der Waals surface area contributed by atoms with E-state index in [9.17, 15) is 5.11 Å². The van der Waals surface area contributed by atoms with Crippen molar-refractivity contribution >= 4 is 0 Å². The van der Waals surface area contributed by atoms with Gasteiger partial charge in [0, 0.05) is 0 Å². The maximum absolute atomic E-state index is 9.95. The second kappa shape index (κ2) is 2.76. The maximum Gasteiger partial charge on any atom is -0.0357 e. The van der Waals surface area contributed by atoms with Crippen molar-refractivity contribution < 1.29 is 5.11 Å². The monoisotopic (exact) mass is 84.1 g/mol. The molecule has 0 saturated carbocycles. The van der Waals surface area contributed by atoms with E-state index in [1.807, 2.05) is 0 Å². The molecule has 0 unspecified atom stereocenters. The fraction of sp³-hybridized carbons (Fsp3) is 0.400. The molecule has 35 valence electrons. The zero-order valence-corrected chi connectivity index (χ0v) is 3.90. The zero-order chi connectivity index (χ0) is 4.99. The first-order valence-corrected chi connectivity index (χ1v) is 1.90. The van der Waals surface area contributed by atoms with Crippen molar-refractivity contribution in [3.05, 3.63) is 18.8 Å². The molecule has 6 heavy (non-hydrogen) atoms. The largest absolute Gasteiger partial charge is 0.876 e. The minimum absolute atomic E-state index is 0.102. The highest BCUT2D eigenvalue weighted by Crippen LogP contribution is 1.80. The lowest BCUT2D eigenvalue weighted by Gasteiger charge is -1.98. The van der Waals surface area contributed by atoms with Crippen LogP contribution >= 0.6 is 0 Å². The molecule has 0 N–H and O–H groups in total. The Morgan fingerprint density at radius 2 is 2.50 bits per heavy atom. The third kappa shape index (κ3) is 3.54. The van der Waals surface area contributed by atoms with Crippen LogP contribution in [0.1, 0.15) is 13.3 Å².